The van der Waals surface area contributed by atoms with Crippen LogP contribution in [-0.2, 0) is 11.8 Å². The van der Waals surface area contributed by atoms with E-state index in [0.29, 0.717) is 26.2 Å². The Labute approximate surface area is 185 Å². The van der Waals surface area contributed by atoms with Crippen LogP contribution < -0.4 is 10.9 Å². The molecule has 10 heteroatoms. The van der Waals surface area contributed by atoms with Crippen molar-refractivity contribution in [1.29, 1.82) is 0 Å². The second-order valence-corrected chi connectivity index (χ2v) is 7.91. The second-order valence-electron chi connectivity index (χ2n) is 6.47. The SMILES string of the molecule is COC(=O)c1nc(NC(=O)c2nn(C)c(=O)c3ccccc23)sc1-c1ccc(Cl)cc1. The molecule has 0 saturated heterocycles. The van der Waals surface area contributed by atoms with Gasteiger partial charge in [0.25, 0.3) is 11.5 Å². The lowest BCUT2D eigenvalue weighted by molar-refractivity contribution is 0.0595. The van der Waals surface area contributed by atoms with Crippen molar-refractivity contribution < 1.29 is 14.3 Å². The lowest BCUT2D eigenvalue weighted by Gasteiger charge is -2.07. The third kappa shape index (κ3) is 3.92. The van der Waals surface area contributed by atoms with Crippen molar-refractivity contribution >= 4 is 50.7 Å². The number of aryl methyl sites for hydroxylation is 1. The molecule has 0 aliphatic heterocycles. The van der Waals surface area contributed by atoms with Crippen LogP contribution in [0.2, 0.25) is 5.02 Å². The molecule has 0 bridgehead atoms. The normalized spacial score (nSPS) is 10.8. The summed E-state index contributed by atoms with van der Waals surface area (Å²) in [4.78, 5) is 42.3. The second kappa shape index (κ2) is 8.29. The van der Waals surface area contributed by atoms with Gasteiger partial charge in [0, 0.05) is 17.5 Å². The van der Waals surface area contributed by atoms with Gasteiger partial charge in [-0.2, -0.15) is 5.10 Å². The molecule has 156 valence electrons. The average Bonchev–Trinajstić information content (AvgIpc) is 3.19. The number of ether oxygens (including phenoxy) is 1. The zero-order valence-corrected chi connectivity index (χ0v) is 18.0. The van der Waals surface area contributed by atoms with Crippen molar-refractivity contribution in [3.05, 3.63) is 75.3 Å². The summed E-state index contributed by atoms with van der Waals surface area (Å²) in [6.07, 6.45) is 0. The number of amides is 1. The van der Waals surface area contributed by atoms with Gasteiger partial charge in [-0.25, -0.2) is 14.5 Å². The topological polar surface area (TPSA) is 103 Å². The molecule has 4 aromatic rings. The van der Waals surface area contributed by atoms with E-state index in [2.05, 4.69) is 15.4 Å². The predicted octanol–water partition coefficient (Wildman–Crippen LogP) is 3.75. The van der Waals surface area contributed by atoms with Gasteiger partial charge in [0.05, 0.1) is 17.4 Å². The summed E-state index contributed by atoms with van der Waals surface area (Å²) in [6.45, 7) is 0. The molecule has 0 atom stereocenters. The molecule has 0 spiro atoms. The molecular formula is C21H15ClN4O4S. The number of anilines is 1. The first-order chi connectivity index (χ1) is 14.9. The summed E-state index contributed by atoms with van der Waals surface area (Å²) in [5, 5.41) is 8.32. The molecule has 1 amide bonds. The van der Waals surface area contributed by atoms with Crippen molar-refractivity contribution in [3.8, 4) is 10.4 Å². The van der Waals surface area contributed by atoms with E-state index in [9.17, 15) is 14.4 Å². The van der Waals surface area contributed by atoms with E-state index in [-0.39, 0.29) is 22.1 Å². The van der Waals surface area contributed by atoms with Crippen molar-refractivity contribution in [1.82, 2.24) is 14.8 Å². The molecule has 31 heavy (non-hydrogen) atoms. The molecule has 4 rings (SSSR count). The van der Waals surface area contributed by atoms with Crippen molar-refractivity contribution in [3.63, 3.8) is 0 Å². The van der Waals surface area contributed by atoms with E-state index < -0.39 is 11.9 Å². The fourth-order valence-corrected chi connectivity index (χ4v) is 4.11. The lowest BCUT2D eigenvalue weighted by atomic mass is 10.1. The van der Waals surface area contributed by atoms with Crippen molar-refractivity contribution in [2.24, 2.45) is 7.05 Å². The summed E-state index contributed by atoms with van der Waals surface area (Å²) in [5.41, 5.74) is 0.539. The van der Waals surface area contributed by atoms with Crippen LogP contribution in [0.4, 0.5) is 5.13 Å². The highest BCUT2D eigenvalue weighted by molar-refractivity contribution is 7.19. The summed E-state index contributed by atoms with van der Waals surface area (Å²) < 4.78 is 5.94. The number of halogens is 1. The van der Waals surface area contributed by atoms with Crippen LogP contribution in [0.3, 0.4) is 0 Å². The van der Waals surface area contributed by atoms with E-state index in [1.165, 1.54) is 14.2 Å². The van der Waals surface area contributed by atoms with E-state index in [1.807, 2.05) is 0 Å². The Morgan fingerprint density at radius 3 is 2.42 bits per heavy atom. The number of thiazole rings is 1. The van der Waals surface area contributed by atoms with Gasteiger partial charge in [-0.1, -0.05) is 53.3 Å². The Balaban J connectivity index is 1.75. The van der Waals surface area contributed by atoms with E-state index >= 15 is 0 Å². The Morgan fingerprint density at radius 2 is 1.74 bits per heavy atom. The molecule has 0 saturated carbocycles. The number of carbonyl (C=O) groups is 2. The highest BCUT2D eigenvalue weighted by Crippen LogP contribution is 2.34. The Hall–Kier alpha value is -3.56. The summed E-state index contributed by atoms with van der Waals surface area (Å²) in [6, 6.07) is 13.6. The van der Waals surface area contributed by atoms with Crippen molar-refractivity contribution in [2.75, 3.05) is 12.4 Å². The highest BCUT2D eigenvalue weighted by atomic mass is 35.5. The maximum atomic E-state index is 13.0. The quantitative estimate of drug-likeness (QED) is 0.471. The number of carbonyl (C=O) groups excluding carboxylic acids is 2. The van der Waals surface area contributed by atoms with Crippen LogP contribution in [-0.4, -0.2) is 33.8 Å². The summed E-state index contributed by atoms with van der Waals surface area (Å²) >= 11 is 7.06. The standard InChI is InChI=1S/C21H15ClN4O4S/c1-26-19(28)14-6-4-3-5-13(14)15(25-26)18(27)24-21-23-16(20(29)30-2)17(31-21)11-7-9-12(22)10-8-11/h3-10H,1-2H3,(H,23,24,27). The van der Waals surface area contributed by atoms with Crippen LogP contribution in [0.5, 0.6) is 0 Å². The molecule has 1 N–H and O–H groups in total. The van der Waals surface area contributed by atoms with Gasteiger partial charge < -0.3 is 4.74 Å². The molecule has 0 radical (unpaired) electrons. The minimum atomic E-state index is -0.632. The molecule has 2 aromatic carbocycles. The number of esters is 1. The first-order valence-corrected chi connectivity index (χ1v) is 10.2. The van der Waals surface area contributed by atoms with Gasteiger partial charge in [-0.3, -0.25) is 14.9 Å². The number of rotatable bonds is 4. The zero-order chi connectivity index (χ0) is 22.1. The fraction of sp³-hybridized carbons (Fsp3) is 0.0952. The number of nitrogens with zero attached hydrogens (tertiary/aromatic N) is 3. The monoisotopic (exact) mass is 454 g/mol. The first-order valence-electron chi connectivity index (χ1n) is 9.01. The smallest absolute Gasteiger partial charge is 0.358 e. The van der Waals surface area contributed by atoms with Gasteiger partial charge in [0.2, 0.25) is 0 Å². The van der Waals surface area contributed by atoms with E-state index in [0.717, 1.165) is 16.0 Å². The molecular weight excluding hydrogens is 440 g/mol. The van der Waals surface area contributed by atoms with Crippen LogP contribution in [0.15, 0.2) is 53.3 Å². The minimum absolute atomic E-state index is 0.0700. The lowest BCUT2D eigenvalue weighted by Crippen LogP contribution is -2.25. The number of fused-ring (bicyclic) bond motifs is 1. The maximum Gasteiger partial charge on any atom is 0.358 e. The third-order valence-corrected chi connectivity index (χ3v) is 5.78. The fourth-order valence-electron chi connectivity index (χ4n) is 3.03. The zero-order valence-electron chi connectivity index (χ0n) is 16.4. The summed E-state index contributed by atoms with van der Waals surface area (Å²) in [7, 11) is 2.73. The van der Waals surface area contributed by atoms with Gasteiger partial charge in [-0.15, -0.1) is 0 Å². The van der Waals surface area contributed by atoms with Crippen LogP contribution >= 0.6 is 22.9 Å². The van der Waals surface area contributed by atoms with Crippen LogP contribution in [0, 0.1) is 0 Å². The van der Waals surface area contributed by atoms with Gasteiger partial charge in [0.1, 0.15) is 0 Å². The molecule has 0 fully saturated rings. The number of hydrogen-bond donors (Lipinski definition) is 1. The van der Waals surface area contributed by atoms with Crippen molar-refractivity contribution in [2.45, 2.75) is 0 Å². The molecule has 2 heterocycles. The Bertz CT molecular complexity index is 1380. The number of methoxy groups -OCH3 is 1. The number of aromatic nitrogens is 3. The van der Waals surface area contributed by atoms with Gasteiger partial charge in [0.15, 0.2) is 16.5 Å². The minimum Gasteiger partial charge on any atom is -0.464 e. The first kappa shape index (κ1) is 20.7. The maximum absolute atomic E-state index is 13.0. The molecule has 0 aliphatic carbocycles. The molecule has 0 unspecified atom stereocenters. The van der Waals surface area contributed by atoms with Gasteiger partial charge >= 0.3 is 5.97 Å². The van der Waals surface area contributed by atoms with E-state index in [4.69, 9.17) is 16.3 Å². The Morgan fingerprint density at radius 1 is 1.06 bits per heavy atom. The summed E-state index contributed by atoms with van der Waals surface area (Å²) in [5.74, 6) is -1.19. The highest BCUT2D eigenvalue weighted by Gasteiger charge is 2.23. The number of hydrogen-bond acceptors (Lipinski definition) is 7. The van der Waals surface area contributed by atoms with Crippen LogP contribution in [0.1, 0.15) is 21.0 Å². The van der Waals surface area contributed by atoms with E-state index in [1.54, 1.807) is 48.5 Å². The Kier molecular flexibility index (Phi) is 5.53. The largest absolute Gasteiger partial charge is 0.464 e. The number of nitrogens with one attached hydrogen (secondary N) is 1. The average molecular weight is 455 g/mol. The van der Waals surface area contributed by atoms with Crippen LogP contribution in [0.25, 0.3) is 21.2 Å². The molecule has 0 aliphatic rings. The van der Waals surface area contributed by atoms with Gasteiger partial charge in [-0.05, 0) is 23.8 Å². The third-order valence-electron chi connectivity index (χ3n) is 4.50. The predicted molar refractivity (Wildman–Crippen MR) is 119 cm³/mol. The molecule has 2 aromatic heterocycles. The number of benzene rings is 2. The molecule has 8 nitrogen and oxygen atoms in total.